The van der Waals surface area contributed by atoms with Gasteiger partial charge in [0.25, 0.3) is 0 Å². The summed E-state index contributed by atoms with van der Waals surface area (Å²) in [5, 5.41) is 18.5. The van der Waals surface area contributed by atoms with E-state index in [2.05, 4.69) is 142 Å². The number of hydrogen-bond acceptors (Lipinski definition) is 6. The Morgan fingerprint density at radius 2 is 1.43 bits per heavy atom. The van der Waals surface area contributed by atoms with Crippen molar-refractivity contribution in [3.63, 3.8) is 0 Å². The summed E-state index contributed by atoms with van der Waals surface area (Å²) in [6.07, 6.45) is 8.23. The van der Waals surface area contributed by atoms with Gasteiger partial charge in [-0.25, -0.2) is 0 Å². The zero-order valence-corrected chi connectivity index (χ0v) is 28.9. The summed E-state index contributed by atoms with van der Waals surface area (Å²) in [5.74, 6) is 0. The zero-order valence-electron chi connectivity index (χ0n) is 28.9. The number of ether oxygens (including phenoxy) is 1. The number of morpholine rings is 1. The van der Waals surface area contributed by atoms with Gasteiger partial charge in [0.05, 0.1) is 42.0 Å². The minimum Gasteiger partial charge on any atom is -0.382 e. The maximum Gasteiger partial charge on any atom is 0.0872 e. The second-order valence-electron chi connectivity index (χ2n) is 13.5. The Morgan fingerprint density at radius 1 is 0.714 bits per heavy atom. The average molecular weight is 654 g/mol. The number of anilines is 6. The fraction of sp³-hybridized carbons (Fsp3) is 0.349. The fourth-order valence-corrected chi connectivity index (χ4v) is 7.59. The van der Waals surface area contributed by atoms with Crippen molar-refractivity contribution in [2.24, 2.45) is 0 Å². The third-order valence-corrected chi connectivity index (χ3v) is 10.0. The molecule has 1 unspecified atom stereocenters. The van der Waals surface area contributed by atoms with Crippen LogP contribution in [0.25, 0.3) is 10.8 Å². The fourth-order valence-electron chi connectivity index (χ4n) is 7.59. The van der Waals surface area contributed by atoms with E-state index in [1.165, 1.54) is 71.1 Å². The van der Waals surface area contributed by atoms with Gasteiger partial charge in [0.1, 0.15) is 0 Å². The van der Waals surface area contributed by atoms with Crippen LogP contribution < -0.4 is 26.2 Å². The third kappa shape index (κ3) is 7.65. The molecule has 0 bridgehead atoms. The molecule has 5 aromatic rings. The number of nitrogens with one attached hydrogen (secondary N) is 4. The van der Waals surface area contributed by atoms with Crippen LogP contribution in [0.2, 0.25) is 0 Å². The molecule has 1 saturated heterocycles. The van der Waals surface area contributed by atoms with Crippen LogP contribution in [-0.2, 0) is 11.2 Å². The standard InChI is InChI=1S/C43H51N5O/c1-2-27-44-42-41(45-28-26-32-16-7-3-8-17-32)39-36(24-15-25-37(39)46-34-20-11-5-12-21-34)40(47-35-22-13-6-14-23-35)43(42)48-29-30-49-31-38(48)33-18-9-4-10-19-33/h3-5,7-12,15-21,24-25,35,38,44-47H,2,6,13-14,22-23,26-31H2,1H3. The van der Waals surface area contributed by atoms with Crippen molar-refractivity contribution in [2.45, 2.75) is 64.0 Å². The van der Waals surface area contributed by atoms with E-state index in [1.54, 1.807) is 0 Å². The SMILES string of the molecule is CCCNc1c(N2CCOCC2c2ccccc2)c(NC2CCCCC2)c2cccc(Nc3ccccc3)c2c1NCCc1ccccc1. The second kappa shape index (κ2) is 16.1. The Bertz CT molecular complexity index is 1770. The molecule has 2 aliphatic rings. The number of hydrogen-bond donors (Lipinski definition) is 4. The van der Waals surface area contributed by atoms with Crippen LogP contribution in [0.4, 0.5) is 34.1 Å². The maximum absolute atomic E-state index is 6.21. The van der Waals surface area contributed by atoms with Crippen LogP contribution >= 0.6 is 0 Å². The highest BCUT2D eigenvalue weighted by atomic mass is 16.5. The third-order valence-electron chi connectivity index (χ3n) is 10.0. The summed E-state index contributed by atoms with van der Waals surface area (Å²) >= 11 is 0. The van der Waals surface area contributed by atoms with E-state index >= 15 is 0 Å². The van der Waals surface area contributed by atoms with Crippen LogP contribution in [-0.4, -0.2) is 38.9 Å². The van der Waals surface area contributed by atoms with Crippen molar-refractivity contribution < 1.29 is 4.74 Å². The second-order valence-corrected chi connectivity index (χ2v) is 13.5. The van der Waals surface area contributed by atoms with Gasteiger partial charge in [0.15, 0.2) is 0 Å². The first kappa shape index (κ1) is 32.8. The maximum atomic E-state index is 6.21. The number of nitrogens with zero attached hydrogens (tertiary/aromatic N) is 1. The summed E-state index contributed by atoms with van der Waals surface area (Å²) < 4.78 is 6.21. The molecule has 1 atom stereocenters. The molecule has 6 heteroatoms. The van der Waals surface area contributed by atoms with Gasteiger partial charge >= 0.3 is 0 Å². The summed E-state index contributed by atoms with van der Waals surface area (Å²) in [6, 6.07) is 39.6. The van der Waals surface area contributed by atoms with Crippen LogP contribution in [0, 0.1) is 0 Å². The lowest BCUT2D eigenvalue weighted by molar-refractivity contribution is 0.0943. The zero-order chi connectivity index (χ0) is 33.3. The minimum atomic E-state index is 0.101. The first-order chi connectivity index (χ1) is 24.3. The van der Waals surface area contributed by atoms with Gasteiger partial charge in [-0.05, 0) is 55.0 Å². The smallest absolute Gasteiger partial charge is 0.0872 e. The Kier molecular flexibility index (Phi) is 10.8. The molecule has 1 aliphatic heterocycles. The number of rotatable bonds is 13. The van der Waals surface area contributed by atoms with Crippen LogP contribution in [0.1, 0.15) is 62.6 Å². The quantitative estimate of drug-likeness (QED) is 0.101. The summed E-state index contributed by atoms with van der Waals surface area (Å²) in [6.45, 7) is 6.12. The highest BCUT2D eigenvalue weighted by Crippen LogP contribution is 2.52. The molecule has 7 rings (SSSR count). The molecule has 1 heterocycles. The monoisotopic (exact) mass is 653 g/mol. The van der Waals surface area contributed by atoms with Crippen LogP contribution in [0.5, 0.6) is 0 Å². The molecule has 1 saturated carbocycles. The Labute approximate surface area is 292 Å². The van der Waals surface area contributed by atoms with Crippen LogP contribution in [0.3, 0.4) is 0 Å². The highest BCUT2D eigenvalue weighted by molar-refractivity contribution is 6.19. The summed E-state index contributed by atoms with van der Waals surface area (Å²) in [5.41, 5.74) is 9.61. The average Bonchev–Trinajstić information content (AvgIpc) is 3.16. The van der Waals surface area contributed by atoms with Gasteiger partial charge in [-0.1, -0.05) is 117 Å². The van der Waals surface area contributed by atoms with Crippen molar-refractivity contribution in [1.82, 2.24) is 0 Å². The van der Waals surface area contributed by atoms with Crippen molar-refractivity contribution in [2.75, 3.05) is 59.0 Å². The largest absolute Gasteiger partial charge is 0.382 e. The van der Waals surface area contributed by atoms with Gasteiger partial charge in [0.2, 0.25) is 0 Å². The van der Waals surface area contributed by atoms with Gasteiger partial charge in [-0.3, -0.25) is 0 Å². The molecule has 2 fully saturated rings. The molecular formula is C43H51N5O. The van der Waals surface area contributed by atoms with Gasteiger partial charge in [-0.15, -0.1) is 0 Å². The molecule has 0 amide bonds. The Hall–Kier alpha value is -4.68. The van der Waals surface area contributed by atoms with E-state index in [4.69, 9.17) is 4.74 Å². The van der Waals surface area contributed by atoms with E-state index in [0.717, 1.165) is 49.5 Å². The molecule has 254 valence electrons. The van der Waals surface area contributed by atoms with E-state index in [1.807, 2.05) is 0 Å². The lowest BCUT2D eigenvalue weighted by Gasteiger charge is -2.41. The molecule has 1 aliphatic carbocycles. The van der Waals surface area contributed by atoms with E-state index in [0.29, 0.717) is 19.3 Å². The molecule has 0 spiro atoms. The molecule has 5 aromatic carbocycles. The number of fused-ring (bicyclic) bond motifs is 1. The topological polar surface area (TPSA) is 60.6 Å². The first-order valence-electron chi connectivity index (χ1n) is 18.4. The Balaban J connectivity index is 1.45. The van der Waals surface area contributed by atoms with Crippen molar-refractivity contribution >= 4 is 44.9 Å². The Morgan fingerprint density at radius 3 is 2.18 bits per heavy atom. The van der Waals surface area contributed by atoms with E-state index in [9.17, 15) is 0 Å². The van der Waals surface area contributed by atoms with Gasteiger partial charge in [-0.2, -0.15) is 0 Å². The predicted octanol–water partition coefficient (Wildman–Crippen LogP) is 10.4. The predicted molar refractivity (Wildman–Crippen MR) is 209 cm³/mol. The van der Waals surface area contributed by atoms with E-state index < -0.39 is 0 Å². The summed E-state index contributed by atoms with van der Waals surface area (Å²) in [4.78, 5) is 2.63. The molecule has 4 N–H and O–H groups in total. The van der Waals surface area contributed by atoms with Crippen molar-refractivity contribution in [3.8, 4) is 0 Å². The first-order valence-corrected chi connectivity index (χ1v) is 18.4. The van der Waals surface area contributed by atoms with Crippen molar-refractivity contribution in [3.05, 3.63) is 120 Å². The molecule has 6 nitrogen and oxygen atoms in total. The molecule has 0 aromatic heterocycles. The molecule has 49 heavy (non-hydrogen) atoms. The molecular weight excluding hydrogens is 603 g/mol. The highest BCUT2D eigenvalue weighted by Gasteiger charge is 2.33. The van der Waals surface area contributed by atoms with Gasteiger partial charge < -0.3 is 30.9 Å². The van der Waals surface area contributed by atoms with Gasteiger partial charge in [0, 0.05) is 47.8 Å². The minimum absolute atomic E-state index is 0.101. The van der Waals surface area contributed by atoms with Crippen molar-refractivity contribution in [1.29, 1.82) is 0 Å². The number of benzene rings is 5. The lowest BCUT2D eigenvalue weighted by Crippen LogP contribution is -2.41. The van der Waals surface area contributed by atoms with Crippen LogP contribution in [0.15, 0.2) is 109 Å². The number of para-hydroxylation sites is 1. The molecule has 0 radical (unpaired) electrons. The normalized spacial score (nSPS) is 16.8. The lowest BCUT2D eigenvalue weighted by atomic mass is 9.93. The summed E-state index contributed by atoms with van der Waals surface area (Å²) in [7, 11) is 0. The van der Waals surface area contributed by atoms with E-state index in [-0.39, 0.29) is 6.04 Å².